The third-order valence-electron chi connectivity index (χ3n) is 7.05. The first-order valence-corrected chi connectivity index (χ1v) is 13.6. The van der Waals surface area contributed by atoms with Crippen molar-refractivity contribution in [2.24, 2.45) is 5.41 Å². The van der Waals surface area contributed by atoms with Crippen LogP contribution in [-0.2, 0) is 0 Å². The molecule has 2 heterocycles. The molecule has 0 saturated carbocycles. The molecule has 0 spiro atoms. The van der Waals surface area contributed by atoms with Crippen molar-refractivity contribution in [1.82, 2.24) is 9.88 Å². The third kappa shape index (κ3) is 6.60. The first-order valence-electron chi connectivity index (χ1n) is 11.9. The van der Waals surface area contributed by atoms with Gasteiger partial charge in [-0.25, -0.2) is 4.39 Å². The Bertz CT molecular complexity index is 1120. The van der Waals surface area contributed by atoms with Crippen LogP contribution in [0.5, 0.6) is 5.75 Å². The predicted molar refractivity (Wildman–Crippen MR) is 144 cm³/mol. The molecule has 1 aromatic heterocycles. The van der Waals surface area contributed by atoms with Crippen LogP contribution in [-0.4, -0.2) is 54.1 Å². The Balaban J connectivity index is 1.33. The summed E-state index contributed by atoms with van der Waals surface area (Å²) >= 11 is 14.2. The van der Waals surface area contributed by atoms with E-state index in [-0.39, 0.29) is 12.0 Å². The Morgan fingerprint density at radius 2 is 1.91 bits per heavy atom. The standard InChI is InChI=1S/C27H31Cl2FN2O2S/c1-34-20-4-7-25-22(16-20)26(23(29)17-31-25)24(30)8-9-27(18-33)10-12-32(13-11-27)14-15-35-21-5-2-19(28)3-6-21/h2-7,16-17,24,33H,8-15,18H2,1H3/t24-/m1/s1. The monoisotopic (exact) mass is 536 g/mol. The van der Waals surface area contributed by atoms with Gasteiger partial charge in [0, 0.05) is 46.0 Å². The molecule has 4 rings (SSSR count). The SMILES string of the molecule is COc1ccc2ncc(Cl)c([C@H](F)CCC3(CO)CCN(CCSc4ccc(Cl)cc4)CC3)c2c1. The number of likely N-dealkylation sites (tertiary alicyclic amines) is 1. The number of fused-ring (bicyclic) bond motifs is 1. The number of aromatic nitrogens is 1. The molecule has 0 radical (unpaired) electrons. The summed E-state index contributed by atoms with van der Waals surface area (Å²) in [6.45, 7) is 2.89. The number of pyridine rings is 1. The summed E-state index contributed by atoms with van der Waals surface area (Å²) in [5, 5.41) is 12.0. The van der Waals surface area contributed by atoms with E-state index < -0.39 is 6.17 Å². The smallest absolute Gasteiger partial charge is 0.127 e. The summed E-state index contributed by atoms with van der Waals surface area (Å²) < 4.78 is 20.9. The molecule has 1 fully saturated rings. The minimum absolute atomic E-state index is 0.0751. The highest BCUT2D eigenvalue weighted by atomic mass is 35.5. The Labute approximate surface area is 220 Å². The number of aliphatic hydroxyl groups is 1. The molecule has 8 heteroatoms. The van der Waals surface area contributed by atoms with Crippen LogP contribution < -0.4 is 4.74 Å². The zero-order valence-corrected chi connectivity index (χ0v) is 22.2. The van der Waals surface area contributed by atoms with Crippen LogP contribution >= 0.6 is 35.0 Å². The number of hydrogen-bond donors (Lipinski definition) is 1. The summed E-state index contributed by atoms with van der Waals surface area (Å²) in [6.07, 6.45) is 2.92. The minimum Gasteiger partial charge on any atom is -0.497 e. The first kappa shape index (κ1) is 26.5. The maximum atomic E-state index is 15.6. The summed E-state index contributed by atoms with van der Waals surface area (Å²) in [5.74, 6) is 1.64. The largest absolute Gasteiger partial charge is 0.497 e. The lowest BCUT2D eigenvalue weighted by Crippen LogP contribution is -2.42. The number of halogens is 3. The molecule has 4 nitrogen and oxygen atoms in total. The molecule has 1 aliphatic heterocycles. The van der Waals surface area contributed by atoms with E-state index in [9.17, 15) is 5.11 Å². The van der Waals surface area contributed by atoms with Crippen LogP contribution in [0.4, 0.5) is 4.39 Å². The lowest BCUT2D eigenvalue weighted by molar-refractivity contribution is 0.0323. The normalized spacial score (nSPS) is 16.9. The summed E-state index contributed by atoms with van der Waals surface area (Å²) in [7, 11) is 1.58. The van der Waals surface area contributed by atoms with Crippen molar-refractivity contribution >= 4 is 45.9 Å². The van der Waals surface area contributed by atoms with Gasteiger partial charge >= 0.3 is 0 Å². The molecule has 35 heavy (non-hydrogen) atoms. The number of hydrogen-bond acceptors (Lipinski definition) is 5. The quantitative estimate of drug-likeness (QED) is 0.277. The maximum Gasteiger partial charge on any atom is 0.127 e. The Morgan fingerprint density at radius 1 is 1.17 bits per heavy atom. The zero-order chi connectivity index (χ0) is 24.8. The van der Waals surface area contributed by atoms with E-state index in [0.717, 1.165) is 43.3 Å². The lowest BCUT2D eigenvalue weighted by Gasteiger charge is -2.41. The van der Waals surface area contributed by atoms with Crippen molar-refractivity contribution in [3.63, 3.8) is 0 Å². The highest BCUT2D eigenvalue weighted by Crippen LogP contribution is 2.42. The van der Waals surface area contributed by atoms with E-state index in [1.165, 1.54) is 11.1 Å². The molecule has 1 saturated heterocycles. The number of methoxy groups -OCH3 is 1. The average molecular weight is 538 g/mol. The van der Waals surface area contributed by atoms with E-state index in [4.69, 9.17) is 27.9 Å². The molecule has 0 unspecified atom stereocenters. The third-order valence-corrected chi connectivity index (χ3v) is 8.60. The molecule has 0 aliphatic carbocycles. The molecule has 1 atom stereocenters. The predicted octanol–water partition coefficient (Wildman–Crippen LogP) is 7.21. The molecule has 188 valence electrons. The number of piperidine rings is 1. The van der Waals surface area contributed by atoms with Gasteiger partial charge in [-0.1, -0.05) is 23.2 Å². The number of alkyl halides is 1. The van der Waals surface area contributed by atoms with Crippen LogP contribution in [0.2, 0.25) is 10.0 Å². The van der Waals surface area contributed by atoms with Crippen LogP contribution in [0.25, 0.3) is 10.9 Å². The maximum absolute atomic E-state index is 15.6. The number of nitrogens with zero attached hydrogens (tertiary/aromatic N) is 2. The van der Waals surface area contributed by atoms with Gasteiger partial charge in [0.2, 0.25) is 0 Å². The van der Waals surface area contributed by atoms with Gasteiger partial charge in [-0.05, 0) is 86.7 Å². The average Bonchev–Trinajstić information content (AvgIpc) is 2.89. The summed E-state index contributed by atoms with van der Waals surface area (Å²) in [6, 6.07) is 13.3. The second-order valence-electron chi connectivity index (χ2n) is 9.21. The van der Waals surface area contributed by atoms with Gasteiger partial charge < -0.3 is 14.7 Å². The fourth-order valence-electron chi connectivity index (χ4n) is 4.75. The topological polar surface area (TPSA) is 45.6 Å². The fourth-order valence-corrected chi connectivity index (χ4v) is 6.06. The zero-order valence-electron chi connectivity index (χ0n) is 19.9. The lowest BCUT2D eigenvalue weighted by atomic mass is 9.74. The highest BCUT2D eigenvalue weighted by Gasteiger charge is 2.35. The van der Waals surface area contributed by atoms with Crippen molar-refractivity contribution in [3.8, 4) is 5.75 Å². The van der Waals surface area contributed by atoms with Crippen molar-refractivity contribution in [2.45, 2.75) is 36.8 Å². The van der Waals surface area contributed by atoms with E-state index in [1.807, 2.05) is 48.2 Å². The second kappa shape index (κ2) is 12.1. The number of benzene rings is 2. The molecule has 1 N–H and O–H groups in total. The van der Waals surface area contributed by atoms with Gasteiger partial charge in [0.15, 0.2) is 0 Å². The Kier molecular flexibility index (Phi) is 9.17. The highest BCUT2D eigenvalue weighted by molar-refractivity contribution is 7.99. The van der Waals surface area contributed by atoms with E-state index in [0.29, 0.717) is 40.1 Å². The van der Waals surface area contributed by atoms with Crippen LogP contribution in [0.15, 0.2) is 53.6 Å². The molecule has 3 aromatic rings. The van der Waals surface area contributed by atoms with Crippen molar-refractivity contribution in [2.75, 3.05) is 39.1 Å². The van der Waals surface area contributed by atoms with Gasteiger partial charge in [0.25, 0.3) is 0 Å². The number of aliphatic hydroxyl groups excluding tert-OH is 1. The van der Waals surface area contributed by atoms with Crippen molar-refractivity contribution in [3.05, 3.63) is 64.3 Å². The summed E-state index contributed by atoms with van der Waals surface area (Å²) in [5.41, 5.74) is 0.895. The van der Waals surface area contributed by atoms with Gasteiger partial charge in [-0.3, -0.25) is 4.98 Å². The molecule has 0 bridgehead atoms. The second-order valence-corrected chi connectivity index (χ2v) is 11.2. The van der Waals surface area contributed by atoms with Crippen molar-refractivity contribution < 1.29 is 14.2 Å². The molecular formula is C27H31Cl2FN2O2S. The van der Waals surface area contributed by atoms with Crippen LogP contribution in [0, 0.1) is 5.41 Å². The first-order chi connectivity index (χ1) is 16.9. The minimum atomic E-state index is -1.24. The molecule has 1 aliphatic rings. The van der Waals surface area contributed by atoms with Gasteiger partial charge in [0.05, 0.1) is 17.6 Å². The molecule has 2 aromatic carbocycles. The van der Waals surface area contributed by atoms with E-state index >= 15 is 4.39 Å². The van der Waals surface area contributed by atoms with Gasteiger partial charge in [-0.2, -0.15) is 0 Å². The Morgan fingerprint density at radius 3 is 2.60 bits per heavy atom. The molecule has 0 amide bonds. The molecular weight excluding hydrogens is 506 g/mol. The van der Waals surface area contributed by atoms with Gasteiger partial charge in [0.1, 0.15) is 11.9 Å². The van der Waals surface area contributed by atoms with Crippen LogP contribution in [0.1, 0.15) is 37.4 Å². The number of ether oxygens (including phenoxy) is 1. The number of thioether (sulfide) groups is 1. The Hall–Kier alpha value is -1.57. The van der Waals surface area contributed by atoms with E-state index in [2.05, 4.69) is 9.88 Å². The van der Waals surface area contributed by atoms with Gasteiger partial charge in [-0.15, -0.1) is 11.8 Å². The van der Waals surface area contributed by atoms with Crippen LogP contribution in [0.3, 0.4) is 0 Å². The number of rotatable bonds is 10. The fraction of sp³-hybridized carbons (Fsp3) is 0.444. The summed E-state index contributed by atoms with van der Waals surface area (Å²) in [4.78, 5) is 7.97. The van der Waals surface area contributed by atoms with E-state index in [1.54, 1.807) is 13.2 Å². The van der Waals surface area contributed by atoms with Crippen molar-refractivity contribution in [1.29, 1.82) is 0 Å².